The van der Waals surface area contributed by atoms with Gasteiger partial charge < -0.3 is 16.8 Å². The molecule has 6 heteroatoms. The lowest BCUT2D eigenvalue weighted by atomic mass is 10.1. The summed E-state index contributed by atoms with van der Waals surface area (Å²) in [4.78, 5) is 11.1. The van der Waals surface area contributed by atoms with Gasteiger partial charge in [0.05, 0.1) is 11.4 Å². The molecule has 0 aliphatic rings. The van der Waals surface area contributed by atoms with Crippen LogP contribution in [0.1, 0.15) is 15.9 Å². The molecule has 0 atom stereocenters. The molecule has 0 aliphatic heterocycles. The molecule has 0 radical (unpaired) electrons. The number of hydrogen-bond donors (Lipinski definition) is 3. The van der Waals surface area contributed by atoms with E-state index in [-0.39, 0.29) is 12.1 Å². The Morgan fingerprint density at radius 1 is 1.15 bits per heavy atom. The summed E-state index contributed by atoms with van der Waals surface area (Å²) in [7, 11) is 0. The van der Waals surface area contributed by atoms with Gasteiger partial charge in [0, 0.05) is 23.7 Å². The van der Waals surface area contributed by atoms with Gasteiger partial charge in [0.1, 0.15) is 11.6 Å². The zero-order chi connectivity index (χ0) is 14.7. The number of carbonyl (C=O) groups excluding carboxylic acids is 1. The van der Waals surface area contributed by atoms with Gasteiger partial charge in [0.25, 0.3) is 0 Å². The van der Waals surface area contributed by atoms with E-state index in [1.807, 2.05) is 0 Å². The van der Waals surface area contributed by atoms with E-state index < -0.39 is 17.5 Å². The van der Waals surface area contributed by atoms with Crippen LogP contribution in [0.3, 0.4) is 0 Å². The van der Waals surface area contributed by atoms with Crippen molar-refractivity contribution in [2.75, 3.05) is 11.1 Å². The first kappa shape index (κ1) is 13.8. The predicted octanol–water partition coefficient (Wildman–Crippen LogP) is 2.26. The Morgan fingerprint density at radius 3 is 2.55 bits per heavy atom. The minimum atomic E-state index is -0.651. The van der Waals surface area contributed by atoms with E-state index in [1.165, 1.54) is 30.3 Å². The van der Waals surface area contributed by atoms with Crippen molar-refractivity contribution in [2.45, 2.75) is 6.54 Å². The highest BCUT2D eigenvalue weighted by Crippen LogP contribution is 2.21. The maximum Gasteiger partial charge on any atom is 0.248 e. The Labute approximate surface area is 114 Å². The number of nitrogens with two attached hydrogens (primary N) is 2. The van der Waals surface area contributed by atoms with Gasteiger partial charge >= 0.3 is 0 Å². The lowest BCUT2D eigenvalue weighted by molar-refractivity contribution is 0.100. The molecule has 2 aromatic rings. The van der Waals surface area contributed by atoms with E-state index in [4.69, 9.17) is 11.5 Å². The van der Waals surface area contributed by atoms with Gasteiger partial charge in [0.2, 0.25) is 5.91 Å². The van der Waals surface area contributed by atoms with E-state index in [0.717, 1.165) is 6.07 Å². The highest BCUT2D eigenvalue weighted by Gasteiger charge is 2.07. The van der Waals surface area contributed by atoms with Crippen LogP contribution in [0.2, 0.25) is 0 Å². The van der Waals surface area contributed by atoms with E-state index in [9.17, 15) is 13.6 Å². The van der Waals surface area contributed by atoms with Crippen molar-refractivity contribution in [2.24, 2.45) is 5.73 Å². The molecular formula is C14H13F2N3O. The summed E-state index contributed by atoms with van der Waals surface area (Å²) in [5.74, 6) is -1.87. The molecule has 0 aliphatic carbocycles. The molecule has 0 bridgehead atoms. The van der Waals surface area contributed by atoms with Crippen LogP contribution in [-0.4, -0.2) is 5.91 Å². The largest absolute Gasteiger partial charge is 0.397 e. The summed E-state index contributed by atoms with van der Waals surface area (Å²) in [5, 5.41) is 2.89. The fraction of sp³-hybridized carbons (Fsp3) is 0.0714. The molecule has 0 saturated carbocycles. The average molecular weight is 277 g/mol. The first-order valence-corrected chi connectivity index (χ1v) is 5.84. The topological polar surface area (TPSA) is 81.1 Å². The first-order chi connectivity index (χ1) is 9.47. The number of rotatable bonds is 4. The quantitative estimate of drug-likeness (QED) is 0.750. The van der Waals surface area contributed by atoms with Crippen molar-refractivity contribution in [3.63, 3.8) is 0 Å². The number of hydrogen-bond acceptors (Lipinski definition) is 3. The molecule has 104 valence electrons. The zero-order valence-electron chi connectivity index (χ0n) is 10.5. The van der Waals surface area contributed by atoms with Gasteiger partial charge in [-0.2, -0.15) is 0 Å². The van der Waals surface area contributed by atoms with Gasteiger partial charge in [-0.1, -0.05) is 6.07 Å². The fourth-order valence-electron chi connectivity index (χ4n) is 1.72. The predicted molar refractivity (Wildman–Crippen MR) is 73.1 cm³/mol. The second kappa shape index (κ2) is 5.56. The van der Waals surface area contributed by atoms with Crippen LogP contribution in [0.5, 0.6) is 0 Å². The standard InChI is InChI=1S/C14H13F2N3O/c15-10-3-1-9(11(16)6-10)7-19-13-5-8(14(18)20)2-4-12(13)17/h1-6,19H,7,17H2,(H2,18,20). The van der Waals surface area contributed by atoms with Gasteiger partial charge in [-0.05, 0) is 24.3 Å². The van der Waals surface area contributed by atoms with Crippen LogP contribution in [-0.2, 0) is 6.54 Å². The summed E-state index contributed by atoms with van der Waals surface area (Å²) in [6, 6.07) is 7.83. The van der Waals surface area contributed by atoms with E-state index in [0.29, 0.717) is 16.9 Å². The van der Waals surface area contributed by atoms with E-state index >= 15 is 0 Å². The second-order valence-electron chi connectivity index (χ2n) is 4.26. The molecule has 2 aromatic carbocycles. The highest BCUT2D eigenvalue weighted by atomic mass is 19.1. The molecule has 0 spiro atoms. The van der Waals surface area contributed by atoms with E-state index in [2.05, 4.69) is 5.32 Å². The Morgan fingerprint density at radius 2 is 1.90 bits per heavy atom. The van der Waals surface area contributed by atoms with Gasteiger partial charge in [-0.15, -0.1) is 0 Å². The highest BCUT2D eigenvalue weighted by molar-refractivity contribution is 5.94. The third-order valence-corrected chi connectivity index (χ3v) is 2.82. The number of anilines is 2. The maximum atomic E-state index is 13.5. The molecule has 1 amide bonds. The van der Waals surface area contributed by atoms with Crippen LogP contribution in [0.4, 0.5) is 20.2 Å². The molecule has 4 nitrogen and oxygen atoms in total. The van der Waals surface area contributed by atoms with Crippen LogP contribution in [0, 0.1) is 11.6 Å². The summed E-state index contributed by atoms with van der Waals surface area (Å²) >= 11 is 0. The van der Waals surface area contributed by atoms with Crippen LogP contribution < -0.4 is 16.8 Å². The Hall–Kier alpha value is -2.63. The summed E-state index contributed by atoms with van der Waals surface area (Å²) in [6.45, 7) is 0.110. The Balaban J connectivity index is 2.18. The smallest absolute Gasteiger partial charge is 0.248 e. The number of halogens is 2. The average Bonchev–Trinajstić information content (AvgIpc) is 2.39. The fourth-order valence-corrected chi connectivity index (χ4v) is 1.72. The van der Waals surface area contributed by atoms with Gasteiger partial charge in [-0.3, -0.25) is 4.79 Å². The number of benzene rings is 2. The molecule has 0 aromatic heterocycles. The number of carbonyl (C=O) groups is 1. The second-order valence-corrected chi connectivity index (χ2v) is 4.26. The number of amides is 1. The zero-order valence-corrected chi connectivity index (χ0v) is 10.5. The minimum absolute atomic E-state index is 0.110. The number of nitrogens with one attached hydrogen (secondary N) is 1. The molecule has 0 heterocycles. The SMILES string of the molecule is NC(=O)c1ccc(N)c(NCc2ccc(F)cc2F)c1. The van der Waals surface area contributed by atoms with Crippen LogP contribution >= 0.6 is 0 Å². The third kappa shape index (κ3) is 3.03. The number of primary amides is 1. The molecule has 20 heavy (non-hydrogen) atoms. The maximum absolute atomic E-state index is 13.5. The van der Waals surface area contributed by atoms with Crippen molar-refractivity contribution in [1.82, 2.24) is 0 Å². The summed E-state index contributed by atoms with van der Waals surface area (Å²) in [6.07, 6.45) is 0. The third-order valence-electron chi connectivity index (χ3n) is 2.82. The molecule has 0 fully saturated rings. The summed E-state index contributed by atoms with van der Waals surface area (Å²) < 4.78 is 26.3. The van der Waals surface area contributed by atoms with Crippen LogP contribution in [0.25, 0.3) is 0 Å². The van der Waals surface area contributed by atoms with E-state index in [1.54, 1.807) is 0 Å². The first-order valence-electron chi connectivity index (χ1n) is 5.84. The van der Waals surface area contributed by atoms with Crippen molar-refractivity contribution in [1.29, 1.82) is 0 Å². The normalized spacial score (nSPS) is 10.3. The molecule has 5 N–H and O–H groups in total. The summed E-state index contributed by atoms with van der Waals surface area (Å²) in [5.41, 5.74) is 12.4. The monoisotopic (exact) mass is 277 g/mol. The minimum Gasteiger partial charge on any atom is -0.397 e. The lowest BCUT2D eigenvalue weighted by Gasteiger charge is -2.11. The Bertz CT molecular complexity index is 659. The molecule has 0 unspecified atom stereocenters. The van der Waals surface area contributed by atoms with Gasteiger partial charge in [-0.25, -0.2) is 8.78 Å². The van der Waals surface area contributed by atoms with Crippen molar-refractivity contribution in [3.05, 3.63) is 59.2 Å². The molecule has 2 rings (SSSR count). The Kier molecular flexibility index (Phi) is 3.84. The molecular weight excluding hydrogens is 264 g/mol. The van der Waals surface area contributed by atoms with Crippen molar-refractivity contribution < 1.29 is 13.6 Å². The molecule has 0 saturated heterocycles. The lowest BCUT2D eigenvalue weighted by Crippen LogP contribution is -2.12. The number of nitrogen functional groups attached to an aromatic ring is 1. The van der Waals surface area contributed by atoms with Crippen LogP contribution in [0.15, 0.2) is 36.4 Å². The van der Waals surface area contributed by atoms with Gasteiger partial charge in [0.15, 0.2) is 0 Å². The van der Waals surface area contributed by atoms with Crippen molar-refractivity contribution >= 4 is 17.3 Å². The van der Waals surface area contributed by atoms with Crippen molar-refractivity contribution in [3.8, 4) is 0 Å².